The molecule has 0 unspecified atom stereocenters. The Bertz CT molecular complexity index is 610. The maximum absolute atomic E-state index is 13.0. The van der Waals surface area contributed by atoms with Gasteiger partial charge in [-0.1, -0.05) is 0 Å². The topological polar surface area (TPSA) is 55.8 Å². The van der Waals surface area contributed by atoms with Crippen molar-refractivity contribution in [1.29, 1.82) is 0 Å². The van der Waals surface area contributed by atoms with Gasteiger partial charge in [-0.05, 0) is 45.3 Å². The molecule has 0 N–H and O–H groups in total. The molecule has 1 aromatic heterocycles. The zero-order valence-electron chi connectivity index (χ0n) is 16.5. The number of rotatable bonds is 3. The van der Waals surface area contributed by atoms with Crippen LogP contribution in [0.3, 0.4) is 0 Å². The molecule has 1 atom stereocenters. The minimum Gasteiger partial charge on any atom is -0.341 e. The van der Waals surface area contributed by atoms with Crippen LogP contribution in [0, 0.1) is 5.92 Å². The average molecular weight is 373 g/mol. The first kappa shape index (κ1) is 18.6. The van der Waals surface area contributed by atoms with Gasteiger partial charge in [0.25, 0.3) is 0 Å². The minimum atomic E-state index is 0.192. The van der Waals surface area contributed by atoms with Gasteiger partial charge in [-0.2, -0.15) is 0 Å². The molecule has 3 fully saturated rings. The number of amides is 1. The van der Waals surface area contributed by atoms with E-state index in [4.69, 9.17) is 0 Å². The first-order chi connectivity index (χ1) is 13.2. The molecule has 3 aliphatic heterocycles. The van der Waals surface area contributed by atoms with Gasteiger partial charge in [0.1, 0.15) is 0 Å². The summed E-state index contributed by atoms with van der Waals surface area (Å²) in [5.41, 5.74) is 0. The highest BCUT2D eigenvalue weighted by molar-refractivity contribution is 5.79. The van der Waals surface area contributed by atoms with Crippen LogP contribution in [0.5, 0.6) is 0 Å². The third kappa shape index (κ3) is 4.41. The van der Waals surface area contributed by atoms with Gasteiger partial charge in [0.2, 0.25) is 11.9 Å². The highest BCUT2D eigenvalue weighted by atomic mass is 16.2. The van der Waals surface area contributed by atoms with Crippen LogP contribution in [0.1, 0.15) is 25.7 Å². The Labute approximate surface area is 162 Å². The molecule has 148 valence electrons. The number of carbonyl (C=O) groups is 1. The number of likely N-dealkylation sites (N-methyl/N-ethyl adjacent to an activating group) is 1. The van der Waals surface area contributed by atoms with E-state index in [1.807, 2.05) is 18.5 Å². The molecule has 27 heavy (non-hydrogen) atoms. The van der Waals surface area contributed by atoms with Gasteiger partial charge in [-0.15, -0.1) is 0 Å². The van der Waals surface area contributed by atoms with Crippen molar-refractivity contribution in [3.63, 3.8) is 0 Å². The predicted octanol–water partition coefficient (Wildman–Crippen LogP) is 0.931. The third-order valence-electron chi connectivity index (χ3n) is 6.43. The molecule has 7 nitrogen and oxygen atoms in total. The molecule has 4 heterocycles. The van der Waals surface area contributed by atoms with Gasteiger partial charge >= 0.3 is 0 Å². The van der Waals surface area contributed by atoms with Crippen molar-refractivity contribution in [1.82, 2.24) is 24.7 Å². The summed E-state index contributed by atoms with van der Waals surface area (Å²) in [5, 5.41) is 0. The third-order valence-corrected chi connectivity index (χ3v) is 6.43. The van der Waals surface area contributed by atoms with Crippen LogP contribution in [0.15, 0.2) is 18.5 Å². The van der Waals surface area contributed by atoms with Crippen LogP contribution < -0.4 is 4.90 Å². The summed E-state index contributed by atoms with van der Waals surface area (Å²) in [5.74, 6) is 1.43. The molecule has 4 rings (SSSR count). The predicted molar refractivity (Wildman–Crippen MR) is 106 cm³/mol. The summed E-state index contributed by atoms with van der Waals surface area (Å²) in [6, 6.07) is 2.45. The maximum Gasteiger partial charge on any atom is 0.227 e. The fraction of sp³-hybridized carbons (Fsp3) is 0.750. The molecule has 1 amide bonds. The van der Waals surface area contributed by atoms with Crippen molar-refractivity contribution >= 4 is 11.9 Å². The van der Waals surface area contributed by atoms with Gasteiger partial charge in [0, 0.05) is 64.2 Å². The number of piperidine rings is 2. The summed E-state index contributed by atoms with van der Waals surface area (Å²) in [6.45, 7) is 7.87. The molecule has 0 radical (unpaired) electrons. The lowest BCUT2D eigenvalue weighted by molar-refractivity contribution is -0.139. The Morgan fingerprint density at radius 1 is 0.963 bits per heavy atom. The first-order valence-electron chi connectivity index (χ1n) is 10.4. The number of nitrogens with zero attached hydrogens (tertiary/aromatic N) is 6. The van der Waals surface area contributed by atoms with E-state index in [1.54, 1.807) is 0 Å². The maximum atomic E-state index is 13.0. The van der Waals surface area contributed by atoms with Crippen LogP contribution >= 0.6 is 0 Å². The quantitative estimate of drug-likeness (QED) is 0.787. The second-order valence-corrected chi connectivity index (χ2v) is 8.23. The van der Waals surface area contributed by atoms with E-state index in [1.165, 1.54) is 0 Å². The summed E-state index contributed by atoms with van der Waals surface area (Å²) < 4.78 is 0. The number of carbonyl (C=O) groups excluding carboxylic acids is 1. The Morgan fingerprint density at radius 3 is 2.37 bits per heavy atom. The van der Waals surface area contributed by atoms with Crippen molar-refractivity contribution in [3.05, 3.63) is 18.5 Å². The molecule has 0 saturated carbocycles. The van der Waals surface area contributed by atoms with Crippen LogP contribution in [0.4, 0.5) is 5.95 Å². The summed E-state index contributed by atoms with van der Waals surface area (Å²) >= 11 is 0. The number of aromatic nitrogens is 2. The van der Waals surface area contributed by atoms with E-state index < -0.39 is 0 Å². The molecule has 0 aromatic carbocycles. The lowest BCUT2D eigenvalue weighted by Crippen LogP contribution is -2.54. The van der Waals surface area contributed by atoms with Gasteiger partial charge in [0.05, 0.1) is 5.92 Å². The van der Waals surface area contributed by atoms with Crippen LogP contribution in [0.2, 0.25) is 0 Å². The van der Waals surface area contributed by atoms with Crippen LogP contribution in [-0.2, 0) is 4.79 Å². The lowest BCUT2D eigenvalue weighted by Gasteiger charge is -2.43. The van der Waals surface area contributed by atoms with E-state index in [0.717, 1.165) is 84.0 Å². The highest BCUT2D eigenvalue weighted by Gasteiger charge is 2.34. The van der Waals surface area contributed by atoms with Gasteiger partial charge in [0.15, 0.2) is 0 Å². The standard InChI is InChI=1S/C20H32N6O/c1-23-12-14-24(15-13-23)19(27)17-4-2-9-26(16-17)18-5-10-25(11-6-18)20-21-7-3-8-22-20/h3,7-8,17-18H,2,4-6,9-16H2,1H3/t17-/m0/s1. The summed E-state index contributed by atoms with van der Waals surface area (Å²) in [6.07, 6.45) is 8.09. The number of hydrogen-bond donors (Lipinski definition) is 0. The first-order valence-corrected chi connectivity index (χ1v) is 10.4. The monoisotopic (exact) mass is 372 g/mol. The Kier molecular flexibility index (Phi) is 5.88. The number of likely N-dealkylation sites (tertiary alicyclic amines) is 1. The zero-order valence-corrected chi connectivity index (χ0v) is 16.5. The SMILES string of the molecule is CN1CCN(C(=O)[C@H]2CCCN(C3CCN(c4ncccn4)CC3)C2)CC1. The molecule has 7 heteroatoms. The second kappa shape index (κ2) is 8.52. The molecule has 0 spiro atoms. The largest absolute Gasteiger partial charge is 0.341 e. The summed E-state index contributed by atoms with van der Waals surface area (Å²) in [4.78, 5) is 31.0. The second-order valence-electron chi connectivity index (χ2n) is 8.23. The highest BCUT2D eigenvalue weighted by Crippen LogP contribution is 2.26. The fourth-order valence-corrected chi connectivity index (χ4v) is 4.71. The molecule has 0 bridgehead atoms. The normalized spacial score (nSPS) is 26.3. The number of anilines is 1. The molecule has 3 aliphatic rings. The van der Waals surface area contributed by atoms with Gasteiger partial charge in [-0.25, -0.2) is 9.97 Å². The zero-order chi connectivity index (χ0) is 18.6. The Hall–Kier alpha value is -1.73. The molecule has 1 aromatic rings. The van der Waals surface area contributed by atoms with E-state index in [-0.39, 0.29) is 5.92 Å². The van der Waals surface area contributed by atoms with E-state index in [9.17, 15) is 4.79 Å². The molecule has 3 saturated heterocycles. The van der Waals surface area contributed by atoms with Crippen molar-refractivity contribution < 1.29 is 4.79 Å². The van der Waals surface area contributed by atoms with Crippen molar-refractivity contribution in [2.45, 2.75) is 31.7 Å². The van der Waals surface area contributed by atoms with Gasteiger partial charge < -0.3 is 14.7 Å². The van der Waals surface area contributed by atoms with Crippen molar-refractivity contribution in [2.24, 2.45) is 5.92 Å². The smallest absolute Gasteiger partial charge is 0.227 e. The Morgan fingerprint density at radius 2 is 1.67 bits per heavy atom. The lowest BCUT2D eigenvalue weighted by atomic mass is 9.92. The van der Waals surface area contributed by atoms with Crippen molar-refractivity contribution in [2.75, 3.05) is 64.3 Å². The molecule has 0 aliphatic carbocycles. The van der Waals surface area contributed by atoms with E-state index in [0.29, 0.717) is 11.9 Å². The Balaban J connectivity index is 1.29. The average Bonchev–Trinajstić information content (AvgIpc) is 2.75. The van der Waals surface area contributed by atoms with Crippen LogP contribution in [0.25, 0.3) is 0 Å². The van der Waals surface area contributed by atoms with E-state index >= 15 is 0 Å². The number of hydrogen-bond acceptors (Lipinski definition) is 6. The van der Waals surface area contributed by atoms with Crippen molar-refractivity contribution in [3.8, 4) is 0 Å². The van der Waals surface area contributed by atoms with E-state index in [2.05, 4.69) is 36.6 Å². The van der Waals surface area contributed by atoms with Gasteiger partial charge in [-0.3, -0.25) is 9.69 Å². The molecular formula is C20H32N6O. The molecular weight excluding hydrogens is 340 g/mol. The minimum absolute atomic E-state index is 0.192. The summed E-state index contributed by atoms with van der Waals surface area (Å²) in [7, 11) is 2.14. The van der Waals surface area contributed by atoms with Crippen LogP contribution in [-0.4, -0.2) is 96.0 Å². The number of piperazine rings is 1. The fourth-order valence-electron chi connectivity index (χ4n) is 4.71.